The van der Waals surface area contributed by atoms with Crippen LogP contribution < -0.4 is 19.8 Å². The van der Waals surface area contributed by atoms with Gasteiger partial charge in [-0.1, -0.05) is 48.5 Å². The average molecular weight is 557 g/mol. The summed E-state index contributed by atoms with van der Waals surface area (Å²) in [4.78, 5) is 25.5. The van der Waals surface area contributed by atoms with E-state index in [9.17, 15) is 18.0 Å². The van der Waals surface area contributed by atoms with Gasteiger partial charge in [-0.3, -0.25) is 13.9 Å². The Kier molecular flexibility index (Phi) is 8.93. The molecule has 0 unspecified atom stereocenters. The van der Waals surface area contributed by atoms with Crippen molar-refractivity contribution in [2.75, 3.05) is 23.3 Å². The largest absolute Gasteiger partial charge is 0.497 e. The second kappa shape index (κ2) is 12.7. The molecule has 0 heterocycles. The highest BCUT2D eigenvalue weighted by atomic mass is 32.2. The maximum absolute atomic E-state index is 13.5. The molecule has 204 valence electrons. The quantitative estimate of drug-likeness (QED) is 0.217. The van der Waals surface area contributed by atoms with Crippen LogP contribution in [0.4, 0.5) is 11.4 Å². The minimum Gasteiger partial charge on any atom is -0.497 e. The van der Waals surface area contributed by atoms with Crippen molar-refractivity contribution in [3.63, 3.8) is 0 Å². The first-order valence-corrected chi connectivity index (χ1v) is 13.7. The van der Waals surface area contributed by atoms with Crippen LogP contribution in [0.3, 0.4) is 0 Å². The van der Waals surface area contributed by atoms with Crippen molar-refractivity contribution >= 4 is 38.9 Å². The van der Waals surface area contributed by atoms with Crippen LogP contribution in [0.1, 0.15) is 22.8 Å². The second-order valence-corrected chi connectivity index (χ2v) is 10.5. The number of nitrogens with zero attached hydrogens (tertiary/aromatic N) is 2. The fraction of sp³-hybridized carbons (Fsp3) is 0.100. The zero-order valence-corrected chi connectivity index (χ0v) is 22.8. The molecular formula is C30H28N4O5S. The molecule has 40 heavy (non-hydrogen) atoms. The van der Waals surface area contributed by atoms with E-state index >= 15 is 0 Å². The first-order chi connectivity index (χ1) is 19.3. The number of anilines is 2. The molecule has 4 rings (SSSR count). The third-order valence-electron chi connectivity index (χ3n) is 5.90. The van der Waals surface area contributed by atoms with Gasteiger partial charge in [-0.25, -0.2) is 13.8 Å². The topological polar surface area (TPSA) is 117 Å². The number of ether oxygens (including phenoxy) is 1. The van der Waals surface area contributed by atoms with E-state index in [0.29, 0.717) is 34.0 Å². The SMILES string of the molecule is COc1ccc(N(CC(=O)N/N=C(/C)c2cccc(NC(=O)c3ccccc3)c2)S(=O)(=O)c2ccccc2)cc1. The van der Waals surface area contributed by atoms with Crippen LogP contribution in [0, 0.1) is 0 Å². The van der Waals surface area contributed by atoms with Gasteiger partial charge in [0.2, 0.25) is 0 Å². The van der Waals surface area contributed by atoms with E-state index in [1.54, 1.807) is 97.9 Å². The lowest BCUT2D eigenvalue weighted by molar-refractivity contribution is -0.119. The summed E-state index contributed by atoms with van der Waals surface area (Å²) in [5, 5.41) is 7.00. The van der Waals surface area contributed by atoms with Gasteiger partial charge in [-0.15, -0.1) is 0 Å². The molecule has 0 bridgehead atoms. The molecule has 2 amide bonds. The summed E-state index contributed by atoms with van der Waals surface area (Å²) < 4.78 is 33.1. The maximum atomic E-state index is 13.5. The zero-order chi connectivity index (χ0) is 28.5. The van der Waals surface area contributed by atoms with E-state index in [2.05, 4.69) is 15.8 Å². The van der Waals surface area contributed by atoms with Crippen LogP contribution in [0.15, 0.2) is 119 Å². The number of amides is 2. The van der Waals surface area contributed by atoms with Gasteiger partial charge >= 0.3 is 0 Å². The number of sulfonamides is 1. The van der Waals surface area contributed by atoms with Crippen LogP contribution in [-0.4, -0.2) is 39.6 Å². The summed E-state index contributed by atoms with van der Waals surface area (Å²) in [5.41, 5.74) is 4.95. The molecule has 0 aromatic heterocycles. The smallest absolute Gasteiger partial charge is 0.264 e. The predicted molar refractivity (Wildman–Crippen MR) is 155 cm³/mol. The van der Waals surface area contributed by atoms with Crippen LogP contribution in [0.25, 0.3) is 0 Å². The summed E-state index contributed by atoms with van der Waals surface area (Å²) in [6, 6.07) is 30.1. The van der Waals surface area contributed by atoms with E-state index in [0.717, 1.165) is 4.31 Å². The number of rotatable bonds is 10. The fourth-order valence-corrected chi connectivity index (χ4v) is 5.22. The van der Waals surface area contributed by atoms with Gasteiger partial charge in [-0.05, 0) is 73.2 Å². The number of benzene rings is 4. The third kappa shape index (κ3) is 6.91. The number of hydrogen-bond acceptors (Lipinski definition) is 6. The molecule has 0 fully saturated rings. The normalized spacial score (nSPS) is 11.4. The van der Waals surface area contributed by atoms with Crippen LogP contribution in [0.5, 0.6) is 5.75 Å². The molecule has 4 aromatic rings. The highest BCUT2D eigenvalue weighted by Crippen LogP contribution is 2.25. The molecular weight excluding hydrogens is 528 g/mol. The number of carbonyl (C=O) groups excluding carboxylic acids is 2. The Bertz CT molecular complexity index is 1610. The lowest BCUT2D eigenvalue weighted by Crippen LogP contribution is -2.39. The Hall–Kier alpha value is -4.96. The van der Waals surface area contributed by atoms with Gasteiger partial charge in [0.15, 0.2) is 0 Å². The van der Waals surface area contributed by atoms with Crippen molar-refractivity contribution in [3.05, 3.63) is 120 Å². The van der Waals surface area contributed by atoms with Crippen molar-refractivity contribution in [3.8, 4) is 5.75 Å². The molecule has 0 aliphatic carbocycles. The summed E-state index contributed by atoms with van der Waals surface area (Å²) >= 11 is 0. The molecule has 0 saturated heterocycles. The average Bonchev–Trinajstić information content (AvgIpc) is 2.99. The zero-order valence-electron chi connectivity index (χ0n) is 21.9. The first-order valence-electron chi connectivity index (χ1n) is 12.3. The first kappa shape index (κ1) is 28.1. The standard InChI is InChI=1S/C30H28N4O5S/c1-22(24-12-9-13-25(20-24)31-30(36)23-10-5-3-6-11-23)32-33-29(35)21-34(26-16-18-27(39-2)19-17-26)40(37,38)28-14-7-4-8-15-28/h3-20H,21H2,1-2H3,(H,31,36)(H,33,35)/b32-22-. The van der Waals surface area contributed by atoms with Crippen molar-refractivity contribution < 1.29 is 22.7 Å². The molecule has 0 saturated carbocycles. The molecule has 0 spiro atoms. The Balaban J connectivity index is 1.50. The third-order valence-corrected chi connectivity index (χ3v) is 7.69. The molecule has 0 radical (unpaired) electrons. The Labute approximate surface area is 233 Å². The number of nitrogens with one attached hydrogen (secondary N) is 2. The van der Waals surface area contributed by atoms with Gasteiger partial charge in [-0.2, -0.15) is 5.10 Å². The molecule has 10 heteroatoms. The Morgan fingerprint density at radius 2 is 1.45 bits per heavy atom. The van der Waals surface area contributed by atoms with E-state index in [4.69, 9.17) is 4.74 Å². The van der Waals surface area contributed by atoms with E-state index in [1.165, 1.54) is 19.2 Å². The van der Waals surface area contributed by atoms with Gasteiger partial charge in [0, 0.05) is 11.3 Å². The summed E-state index contributed by atoms with van der Waals surface area (Å²) in [5.74, 6) is -0.338. The Morgan fingerprint density at radius 1 is 0.825 bits per heavy atom. The van der Waals surface area contributed by atoms with Gasteiger partial charge in [0.25, 0.3) is 21.8 Å². The van der Waals surface area contributed by atoms with Gasteiger partial charge < -0.3 is 10.1 Å². The monoisotopic (exact) mass is 556 g/mol. The van der Waals surface area contributed by atoms with E-state index in [1.807, 2.05) is 6.07 Å². The highest BCUT2D eigenvalue weighted by molar-refractivity contribution is 7.92. The molecule has 0 aliphatic heterocycles. The lowest BCUT2D eigenvalue weighted by atomic mass is 10.1. The van der Waals surface area contributed by atoms with Crippen molar-refractivity contribution in [2.24, 2.45) is 5.10 Å². The molecule has 2 N–H and O–H groups in total. The van der Waals surface area contributed by atoms with Crippen molar-refractivity contribution in [1.29, 1.82) is 0 Å². The molecule has 9 nitrogen and oxygen atoms in total. The summed E-state index contributed by atoms with van der Waals surface area (Å²) in [6.07, 6.45) is 0. The minimum atomic E-state index is -4.06. The van der Waals surface area contributed by atoms with Crippen molar-refractivity contribution in [2.45, 2.75) is 11.8 Å². The second-order valence-electron chi connectivity index (χ2n) is 8.66. The predicted octanol–water partition coefficient (Wildman–Crippen LogP) is 4.68. The molecule has 0 atom stereocenters. The van der Waals surface area contributed by atoms with Crippen molar-refractivity contribution in [1.82, 2.24) is 5.43 Å². The summed E-state index contributed by atoms with van der Waals surface area (Å²) in [6.45, 7) is 1.19. The minimum absolute atomic E-state index is 0.0488. The number of hydrazone groups is 1. The lowest BCUT2D eigenvalue weighted by Gasteiger charge is -2.24. The summed E-state index contributed by atoms with van der Waals surface area (Å²) in [7, 11) is -2.55. The number of carbonyl (C=O) groups is 2. The van der Waals surface area contributed by atoms with Crippen LogP contribution >= 0.6 is 0 Å². The van der Waals surface area contributed by atoms with E-state index < -0.39 is 22.5 Å². The van der Waals surface area contributed by atoms with Gasteiger partial charge in [0.1, 0.15) is 12.3 Å². The van der Waals surface area contributed by atoms with Gasteiger partial charge in [0.05, 0.1) is 23.4 Å². The van der Waals surface area contributed by atoms with Crippen LogP contribution in [-0.2, 0) is 14.8 Å². The Morgan fingerprint density at radius 3 is 2.10 bits per heavy atom. The maximum Gasteiger partial charge on any atom is 0.264 e. The number of hydrogen-bond donors (Lipinski definition) is 2. The molecule has 0 aliphatic rings. The highest BCUT2D eigenvalue weighted by Gasteiger charge is 2.27. The molecule has 4 aromatic carbocycles. The number of methoxy groups -OCH3 is 1. The van der Waals surface area contributed by atoms with E-state index in [-0.39, 0.29) is 10.8 Å². The van der Waals surface area contributed by atoms with Crippen LogP contribution in [0.2, 0.25) is 0 Å². The fourth-order valence-electron chi connectivity index (χ4n) is 3.77.